The van der Waals surface area contributed by atoms with Crippen molar-refractivity contribution in [3.05, 3.63) is 35.7 Å². The van der Waals surface area contributed by atoms with E-state index >= 15 is 0 Å². The second-order valence-corrected chi connectivity index (χ2v) is 5.96. The van der Waals surface area contributed by atoms with Gasteiger partial charge in [-0.1, -0.05) is 36.3 Å². The van der Waals surface area contributed by atoms with Gasteiger partial charge in [0.1, 0.15) is 0 Å². The van der Waals surface area contributed by atoms with Crippen molar-refractivity contribution in [2.24, 2.45) is 5.92 Å². The Hall–Kier alpha value is -1.72. The van der Waals surface area contributed by atoms with Gasteiger partial charge in [0.05, 0.1) is 6.54 Å². The molecule has 2 heterocycles. The number of benzene rings is 1. The molecule has 0 saturated carbocycles. The standard InChI is InChI=1S/C17H23N3O2/c1-2-13-3-5-15(6-4-13)17-18-16(22-19-17)11-20-9-7-14(12-21)8-10-20/h3-6,14,21H,2,7-12H2,1H3. The van der Waals surface area contributed by atoms with Crippen LogP contribution in [-0.4, -0.2) is 39.8 Å². The molecule has 1 fully saturated rings. The highest BCUT2D eigenvalue weighted by atomic mass is 16.5. The molecule has 0 unspecified atom stereocenters. The van der Waals surface area contributed by atoms with Crippen molar-refractivity contribution in [3.63, 3.8) is 0 Å². The lowest BCUT2D eigenvalue weighted by atomic mass is 9.98. The Morgan fingerprint density at radius 1 is 1.23 bits per heavy atom. The first-order valence-corrected chi connectivity index (χ1v) is 8.03. The molecule has 22 heavy (non-hydrogen) atoms. The largest absolute Gasteiger partial charge is 0.396 e. The Kier molecular flexibility index (Phi) is 4.85. The predicted octanol–water partition coefficient (Wildman–Crippen LogP) is 2.50. The Morgan fingerprint density at radius 3 is 2.59 bits per heavy atom. The van der Waals surface area contributed by atoms with Gasteiger partial charge in [0.15, 0.2) is 0 Å². The molecule has 0 aliphatic carbocycles. The van der Waals surface area contributed by atoms with Crippen molar-refractivity contribution in [3.8, 4) is 11.4 Å². The molecule has 0 spiro atoms. The zero-order valence-electron chi connectivity index (χ0n) is 13.0. The molecule has 1 saturated heterocycles. The third-order valence-corrected chi connectivity index (χ3v) is 4.41. The summed E-state index contributed by atoms with van der Waals surface area (Å²) in [6, 6.07) is 8.29. The molecule has 1 N–H and O–H groups in total. The van der Waals surface area contributed by atoms with E-state index < -0.39 is 0 Å². The lowest BCUT2D eigenvalue weighted by Gasteiger charge is -2.29. The first-order chi connectivity index (χ1) is 10.8. The average molecular weight is 301 g/mol. The highest BCUT2D eigenvalue weighted by Gasteiger charge is 2.20. The quantitative estimate of drug-likeness (QED) is 0.919. The van der Waals surface area contributed by atoms with Crippen LogP contribution in [0.15, 0.2) is 28.8 Å². The number of hydrogen-bond donors (Lipinski definition) is 1. The first kappa shape index (κ1) is 15.2. The van der Waals surface area contributed by atoms with Gasteiger partial charge in [0.2, 0.25) is 11.7 Å². The minimum atomic E-state index is 0.298. The third kappa shape index (κ3) is 3.54. The number of hydrogen-bond acceptors (Lipinski definition) is 5. The van der Waals surface area contributed by atoms with E-state index in [9.17, 15) is 5.11 Å². The van der Waals surface area contributed by atoms with Crippen LogP contribution >= 0.6 is 0 Å². The van der Waals surface area contributed by atoms with E-state index in [1.807, 2.05) is 12.1 Å². The van der Waals surface area contributed by atoms with Crippen LogP contribution in [0.25, 0.3) is 11.4 Å². The highest BCUT2D eigenvalue weighted by molar-refractivity contribution is 5.54. The molecular weight excluding hydrogens is 278 g/mol. The van der Waals surface area contributed by atoms with Crippen LogP contribution in [0.1, 0.15) is 31.2 Å². The fourth-order valence-electron chi connectivity index (χ4n) is 2.84. The summed E-state index contributed by atoms with van der Waals surface area (Å²) in [5.74, 6) is 1.77. The topological polar surface area (TPSA) is 62.4 Å². The van der Waals surface area contributed by atoms with Gasteiger partial charge in [0.25, 0.3) is 0 Å². The Morgan fingerprint density at radius 2 is 1.95 bits per heavy atom. The Bertz CT molecular complexity index is 586. The lowest BCUT2D eigenvalue weighted by molar-refractivity contribution is 0.119. The van der Waals surface area contributed by atoms with Crippen molar-refractivity contribution < 1.29 is 9.63 Å². The van der Waals surface area contributed by atoms with E-state index in [1.54, 1.807) is 0 Å². The summed E-state index contributed by atoms with van der Waals surface area (Å²) in [5.41, 5.74) is 2.30. The Labute approximate surface area is 131 Å². The van der Waals surface area contributed by atoms with Crippen LogP contribution in [0, 0.1) is 5.92 Å². The average Bonchev–Trinajstić information content (AvgIpc) is 3.04. The van der Waals surface area contributed by atoms with Crippen molar-refractivity contribution in [1.82, 2.24) is 15.0 Å². The second-order valence-electron chi connectivity index (χ2n) is 5.96. The smallest absolute Gasteiger partial charge is 0.241 e. The van der Waals surface area contributed by atoms with Gasteiger partial charge >= 0.3 is 0 Å². The summed E-state index contributed by atoms with van der Waals surface area (Å²) < 4.78 is 5.38. The van der Waals surface area contributed by atoms with Crippen molar-refractivity contribution in [2.75, 3.05) is 19.7 Å². The zero-order chi connectivity index (χ0) is 15.4. The monoisotopic (exact) mass is 301 g/mol. The molecule has 0 bridgehead atoms. The first-order valence-electron chi connectivity index (χ1n) is 8.03. The van der Waals surface area contributed by atoms with Gasteiger partial charge in [-0.2, -0.15) is 4.98 Å². The molecule has 3 rings (SSSR count). The number of aryl methyl sites for hydroxylation is 1. The lowest BCUT2D eigenvalue weighted by Crippen LogP contribution is -2.34. The predicted molar refractivity (Wildman–Crippen MR) is 84.2 cm³/mol. The van der Waals surface area contributed by atoms with Crippen LogP contribution in [0.3, 0.4) is 0 Å². The SMILES string of the molecule is CCc1ccc(-c2noc(CN3CCC(CO)CC3)n2)cc1. The molecule has 1 aliphatic heterocycles. The second kappa shape index (κ2) is 7.03. The molecule has 0 amide bonds. The van der Waals surface area contributed by atoms with Crippen molar-refractivity contribution in [2.45, 2.75) is 32.7 Å². The molecule has 1 aromatic heterocycles. The van der Waals surface area contributed by atoms with Gasteiger partial charge in [-0.15, -0.1) is 0 Å². The van der Waals surface area contributed by atoms with E-state index in [2.05, 4.69) is 34.1 Å². The van der Waals surface area contributed by atoms with Gasteiger partial charge in [-0.3, -0.25) is 4.90 Å². The Balaban J connectivity index is 1.61. The molecule has 5 nitrogen and oxygen atoms in total. The highest BCUT2D eigenvalue weighted by Crippen LogP contribution is 2.20. The number of likely N-dealkylation sites (tertiary alicyclic amines) is 1. The summed E-state index contributed by atoms with van der Waals surface area (Å²) in [5, 5.41) is 13.3. The van der Waals surface area contributed by atoms with Crippen LogP contribution < -0.4 is 0 Å². The van der Waals surface area contributed by atoms with Crippen molar-refractivity contribution in [1.29, 1.82) is 0 Å². The van der Waals surface area contributed by atoms with Gasteiger partial charge in [0, 0.05) is 12.2 Å². The molecular formula is C17H23N3O2. The number of aliphatic hydroxyl groups excluding tert-OH is 1. The van der Waals surface area contributed by atoms with Gasteiger partial charge in [-0.05, 0) is 43.8 Å². The number of piperidine rings is 1. The molecule has 0 radical (unpaired) electrons. The van der Waals surface area contributed by atoms with Crippen LogP contribution in [-0.2, 0) is 13.0 Å². The fourth-order valence-corrected chi connectivity index (χ4v) is 2.84. The zero-order valence-corrected chi connectivity index (χ0v) is 13.0. The van der Waals surface area contributed by atoms with E-state index in [1.165, 1.54) is 5.56 Å². The van der Waals surface area contributed by atoms with Crippen LogP contribution in [0.2, 0.25) is 0 Å². The molecule has 0 atom stereocenters. The number of aromatic nitrogens is 2. The summed E-state index contributed by atoms with van der Waals surface area (Å²) in [4.78, 5) is 6.81. The third-order valence-electron chi connectivity index (χ3n) is 4.41. The van der Waals surface area contributed by atoms with Gasteiger partial charge in [-0.25, -0.2) is 0 Å². The molecule has 1 aliphatic rings. The number of aliphatic hydroxyl groups is 1. The molecule has 2 aromatic rings. The summed E-state index contributed by atoms with van der Waals surface area (Å²) in [7, 11) is 0. The molecule has 5 heteroatoms. The number of rotatable bonds is 5. The fraction of sp³-hybridized carbons (Fsp3) is 0.529. The van der Waals surface area contributed by atoms with E-state index in [0.29, 0.717) is 30.8 Å². The maximum absolute atomic E-state index is 9.17. The van der Waals surface area contributed by atoms with Crippen LogP contribution in [0.5, 0.6) is 0 Å². The summed E-state index contributed by atoms with van der Waals surface area (Å²) >= 11 is 0. The van der Waals surface area contributed by atoms with Crippen LogP contribution in [0.4, 0.5) is 0 Å². The summed E-state index contributed by atoms with van der Waals surface area (Å²) in [6.45, 7) is 5.09. The normalized spacial score (nSPS) is 17.0. The molecule has 118 valence electrons. The maximum Gasteiger partial charge on any atom is 0.241 e. The van der Waals surface area contributed by atoms with Crippen molar-refractivity contribution >= 4 is 0 Å². The summed E-state index contributed by atoms with van der Waals surface area (Å²) in [6.07, 6.45) is 3.10. The minimum Gasteiger partial charge on any atom is -0.396 e. The molecule has 1 aromatic carbocycles. The maximum atomic E-state index is 9.17. The van der Waals surface area contributed by atoms with E-state index in [4.69, 9.17) is 4.52 Å². The minimum absolute atomic E-state index is 0.298. The van der Waals surface area contributed by atoms with Gasteiger partial charge < -0.3 is 9.63 Å². The van der Waals surface area contributed by atoms with E-state index in [-0.39, 0.29) is 0 Å². The van der Waals surface area contributed by atoms with E-state index in [0.717, 1.165) is 37.9 Å². The number of nitrogens with zero attached hydrogens (tertiary/aromatic N) is 3.